The molecule has 72 valence electrons. The van der Waals surface area contributed by atoms with Crippen LogP contribution in [0.5, 0.6) is 0 Å². The van der Waals surface area contributed by atoms with E-state index < -0.39 is 11.7 Å². The van der Waals surface area contributed by atoms with Crippen LogP contribution in [0.4, 0.5) is 13.2 Å². The molecule has 1 aromatic carbocycles. The molecule has 0 fully saturated rings. The van der Waals surface area contributed by atoms with Gasteiger partial charge in [0.15, 0.2) is 0 Å². The molecule has 13 heavy (non-hydrogen) atoms. The van der Waals surface area contributed by atoms with E-state index in [1.54, 1.807) is 0 Å². The first-order valence-electron chi connectivity index (χ1n) is 3.41. The summed E-state index contributed by atoms with van der Waals surface area (Å²) >= 11 is 9.51. The standard InChI is InChI=1S/C8H6ClF3S/c9-7-3-6(8(10,11)12)2-1-5(7)4-13/h1-3,13H,4H2. The van der Waals surface area contributed by atoms with E-state index in [2.05, 4.69) is 12.6 Å². The summed E-state index contributed by atoms with van der Waals surface area (Å²) in [4.78, 5) is 0. The average Bonchev–Trinajstić information content (AvgIpc) is 2.02. The van der Waals surface area contributed by atoms with Crippen LogP contribution >= 0.6 is 24.2 Å². The zero-order chi connectivity index (χ0) is 10.1. The third kappa shape index (κ3) is 2.54. The molecule has 0 radical (unpaired) electrons. The van der Waals surface area contributed by atoms with Crippen LogP contribution in [0.25, 0.3) is 0 Å². The van der Waals surface area contributed by atoms with Gasteiger partial charge in [0.2, 0.25) is 0 Å². The van der Waals surface area contributed by atoms with E-state index >= 15 is 0 Å². The van der Waals surface area contributed by atoms with Gasteiger partial charge in [-0.25, -0.2) is 0 Å². The van der Waals surface area contributed by atoms with Crippen LogP contribution < -0.4 is 0 Å². The van der Waals surface area contributed by atoms with Crippen molar-refractivity contribution in [1.29, 1.82) is 0 Å². The Bertz CT molecular complexity index is 309. The van der Waals surface area contributed by atoms with Crippen LogP contribution in [-0.4, -0.2) is 0 Å². The lowest BCUT2D eigenvalue weighted by Crippen LogP contribution is -2.04. The van der Waals surface area contributed by atoms with Crippen molar-refractivity contribution in [2.75, 3.05) is 0 Å². The summed E-state index contributed by atoms with van der Waals surface area (Å²) in [5.41, 5.74) is -0.138. The van der Waals surface area contributed by atoms with Gasteiger partial charge in [-0.2, -0.15) is 25.8 Å². The maximum atomic E-state index is 12.1. The van der Waals surface area contributed by atoms with Crippen molar-refractivity contribution in [3.05, 3.63) is 34.3 Å². The number of hydrogen-bond donors (Lipinski definition) is 1. The highest BCUT2D eigenvalue weighted by molar-refractivity contribution is 7.79. The summed E-state index contributed by atoms with van der Waals surface area (Å²) in [6.45, 7) is 0. The van der Waals surface area contributed by atoms with E-state index in [9.17, 15) is 13.2 Å². The second-order valence-corrected chi connectivity index (χ2v) is 3.19. The van der Waals surface area contributed by atoms with Crippen LogP contribution in [0.1, 0.15) is 11.1 Å². The molecule has 0 aliphatic rings. The molecule has 5 heteroatoms. The topological polar surface area (TPSA) is 0 Å². The van der Waals surface area contributed by atoms with Crippen LogP contribution in [0.2, 0.25) is 5.02 Å². The lowest BCUT2D eigenvalue weighted by Gasteiger charge is -2.08. The lowest BCUT2D eigenvalue weighted by atomic mass is 10.1. The molecule has 0 spiro atoms. The van der Waals surface area contributed by atoms with Gasteiger partial charge in [-0.1, -0.05) is 17.7 Å². The zero-order valence-electron chi connectivity index (χ0n) is 6.40. The first kappa shape index (κ1) is 10.7. The summed E-state index contributed by atoms with van der Waals surface area (Å²) in [6, 6.07) is 3.24. The molecule has 0 saturated carbocycles. The van der Waals surface area contributed by atoms with Crippen molar-refractivity contribution in [2.24, 2.45) is 0 Å². The molecule has 0 aromatic heterocycles. The molecular formula is C8H6ClF3S. The molecule has 1 aromatic rings. The molecule has 0 amide bonds. The smallest absolute Gasteiger partial charge is 0.174 e. The third-order valence-corrected chi connectivity index (χ3v) is 2.24. The van der Waals surface area contributed by atoms with E-state index in [1.807, 2.05) is 0 Å². The van der Waals surface area contributed by atoms with Gasteiger partial charge in [-0.15, -0.1) is 0 Å². The molecule has 0 unspecified atom stereocenters. The lowest BCUT2D eigenvalue weighted by molar-refractivity contribution is -0.137. The minimum absolute atomic E-state index is 0.102. The number of hydrogen-bond acceptors (Lipinski definition) is 1. The van der Waals surface area contributed by atoms with Gasteiger partial charge in [-0.05, 0) is 17.7 Å². The van der Waals surface area contributed by atoms with Crippen molar-refractivity contribution in [2.45, 2.75) is 11.9 Å². The number of alkyl halides is 3. The second kappa shape index (κ2) is 3.80. The van der Waals surface area contributed by atoms with E-state index in [0.717, 1.165) is 12.1 Å². The third-order valence-electron chi connectivity index (χ3n) is 1.55. The molecule has 0 N–H and O–H groups in total. The van der Waals surface area contributed by atoms with Crippen LogP contribution in [-0.2, 0) is 11.9 Å². The van der Waals surface area contributed by atoms with Gasteiger partial charge in [0.1, 0.15) is 0 Å². The quantitative estimate of drug-likeness (QED) is 0.692. The molecule has 0 aliphatic heterocycles. The number of thiol groups is 1. The highest BCUT2D eigenvalue weighted by Gasteiger charge is 2.30. The maximum absolute atomic E-state index is 12.1. The Labute approximate surface area is 84.1 Å². The predicted molar refractivity (Wildman–Crippen MR) is 49.1 cm³/mol. The Balaban J connectivity index is 3.10. The monoisotopic (exact) mass is 226 g/mol. The Morgan fingerprint density at radius 2 is 1.92 bits per heavy atom. The van der Waals surface area contributed by atoms with Crippen molar-refractivity contribution >= 4 is 24.2 Å². The molecule has 0 atom stereocenters. The Morgan fingerprint density at radius 1 is 1.31 bits per heavy atom. The van der Waals surface area contributed by atoms with Gasteiger partial charge in [0.05, 0.1) is 5.56 Å². The molecule has 1 rings (SSSR count). The summed E-state index contributed by atoms with van der Waals surface area (Å²) in [5, 5.41) is 0.102. The minimum atomic E-state index is -4.33. The molecular weight excluding hydrogens is 221 g/mol. The van der Waals surface area contributed by atoms with Crippen molar-refractivity contribution in [3.8, 4) is 0 Å². The van der Waals surface area contributed by atoms with E-state index in [-0.39, 0.29) is 5.02 Å². The van der Waals surface area contributed by atoms with Gasteiger partial charge >= 0.3 is 6.18 Å². The van der Waals surface area contributed by atoms with Crippen molar-refractivity contribution < 1.29 is 13.2 Å². The highest BCUT2D eigenvalue weighted by atomic mass is 35.5. The fourth-order valence-electron chi connectivity index (χ4n) is 0.852. The Morgan fingerprint density at radius 3 is 2.31 bits per heavy atom. The van der Waals surface area contributed by atoms with Crippen molar-refractivity contribution in [1.82, 2.24) is 0 Å². The van der Waals surface area contributed by atoms with Gasteiger partial charge in [0, 0.05) is 10.8 Å². The largest absolute Gasteiger partial charge is 0.416 e. The zero-order valence-corrected chi connectivity index (χ0v) is 8.05. The van der Waals surface area contributed by atoms with Crippen molar-refractivity contribution in [3.63, 3.8) is 0 Å². The molecule has 0 aliphatic carbocycles. The number of halogens is 4. The van der Waals surface area contributed by atoms with E-state index in [0.29, 0.717) is 11.3 Å². The minimum Gasteiger partial charge on any atom is -0.174 e. The molecule has 0 bridgehead atoms. The molecule has 0 saturated heterocycles. The summed E-state index contributed by atoms with van der Waals surface area (Å²) in [5.74, 6) is 0.330. The van der Waals surface area contributed by atoms with Crippen LogP contribution in [0.15, 0.2) is 18.2 Å². The summed E-state index contributed by atoms with van der Waals surface area (Å²) < 4.78 is 36.4. The number of rotatable bonds is 1. The van der Waals surface area contributed by atoms with Gasteiger partial charge in [-0.3, -0.25) is 0 Å². The molecule has 0 heterocycles. The maximum Gasteiger partial charge on any atom is 0.416 e. The van der Waals surface area contributed by atoms with Gasteiger partial charge < -0.3 is 0 Å². The highest BCUT2D eigenvalue weighted by Crippen LogP contribution is 2.32. The van der Waals surface area contributed by atoms with Crippen LogP contribution in [0, 0.1) is 0 Å². The predicted octanol–water partition coefficient (Wildman–Crippen LogP) is 3.79. The summed E-state index contributed by atoms with van der Waals surface area (Å²) in [7, 11) is 0. The molecule has 0 nitrogen and oxygen atoms in total. The number of benzene rings is 1. The SMILES string of the molecule is FC(F)(F)c1ccc(CS)c(Cl)c1. The van der Waals surface area contributed by atoms with E-state index in [4.69, 9.17) is 11.6 Å². The Hall–Kier alpha value is -0.350. The summed E-state index contributed by atoms with van der Waals surface area (Å²) in [6.07, 6.45) is -4.33. The first-order chi connectivity index (χ1) is 5.95. The fraction of sp³-hybridized carbons (Fsp3) is 0.250. The van der Waals surface area contributed by atoms with E-state index in [1.165, 1.54) is 6.07 Å². The fourth-order valence-corrected chi connectivity index (χ4v) is 1.47. The van der Waals surface area contributed by atoms with Crippen LogP contribution in [0.3, 0.4) is 0 Å². The average molecular weight is 227 g/mol. The second-order valence-electron chi connectivity index (χ2n) is 2.46. The Kier molecular flexibility index (Phi) is 3.14. The van der Waals surface area contributed by atoms with Gasteiger partial charge in [0.25, 0.3) is 0 Å². The first-order valence-corrected chi connectivity index (χ1v) is 4.42. The normalized spacial score (nSPS) is 11.8.